The van der Waals surface area contributed by atoms with E-state index in [1.807, 2.05) is 26.8 Å². The lowest BCUT2D eigenvalue weighted by Crippen LogP contribution is -2.30. The van der Waals surface area contributed by atoms with Crippen molar-refractivity contribution in [3.8, 4) is 0 Å². The van der Waals surface area contributed by atoms with Crippen LogP contribution in [0.25, 0.3) is 10.1 Å². The predicted octanol–water partition coefficient (Wildman–Crippen LogP) is 4.52. The molecular formula is C21H29N5O2S. The topological polar surface area (TPSA) is 89.8 Å². The molecule has 0 aliphatic heterocycles. The highest BCUT2D eigenvalue weighted by atomic mass is 32.1. The van der Waals surface area contributed by atoms with Crippen molar-refractivity contribution in [1.82, 2.24) is 19.7 Å². The van der Waals surface area contributed by atoms with Crippen LogP contribution < -0.4 is 10.9 Å². The minimum atomic E-state index is -0.391. The monoisotopic (exact) mass is 415 g/mol. The summed E-state index contributed by atoms with van der Waals surface area (Å²) < 4.78 is 1.85. The predicted molar refractivity (Wildman–Crippen MR) is 119 cm³/mol. The third-order valence-electron chi connectivity index (χ3n) is 4.15. The van der Waals surface area contributed by atoms with Gasteiger partial charge in [0.15, 0.2) is 0 Å². The summed E-state index contributed by atoms with van der Waals surface area (Å²) in [5.41, 5.74) is 0.564. The molecule has 0 saturated carbocycles. The summed E-state index contributed by atoms with van der Waals surface area (Å²) >= 11 is 1.43. The number of unbranched alkanes of at least 4 members (excludes halogenated alkanes) is 2. The van der Waals surface area contributed by atoms with Gasteiger partial charge in [0.1, 0.15) is 11.2 Å². The van der Waals surface area contributed by atoms with E-state index in [9.17, 15) is 9.59 Å². The van der Waals surface area contributed by atoms with Crippen LogP contribution in [0.15, 0.2) is 29.3 Å². The fourth-order valence-corrected chi connectivity index (χ4v) is 3.73. The summed E-state index contributed by atoms with van der Waals surface area (Å²) in [5, 5.41) is 7.84. The second-order valence-electron chi connectivity index (χ2n) is 7.08. The Labute approximate surface area is 175 Å². The molecule has 1 N–H and O–H groups in total. The van der Waals surface area contributed by atoms with Gasteiger partial charge in [0.05, 0.1) is 5.69 Å². The van der Waals surface area contributed by atoms with E-state index in [1.54, 1.807) is 6.07 Å². The third-order valence-corrected chi connectivity index (χ3v) is 5.19. The summed E-state index contributed by atoms with van der Waals surface area (Å²) in [6, 6.07) is 3.63. The van der Waals surface area contributed by atoms with Crippen LogP contribution in [0.1, 0.15) is 63.4 Å². The van der Waals surface area contributed by atoms with Gasteiger partial charge in [-0.2, -0.15) is 5.10 Å². The zero-order valence-corrected chi connectivity index (χ0v) is 18.5. The summed E-state index contributed by atoms with van der Waals surface area (Å²) in [6.07, 6.45) is 7.14. The SMILES string of the molecule is CCCCC.Cc1cc2c(C(C)C)nn(CC(=O)Nc3ncccn3)c(=O)c2s1. The first-order chi connectivity index (χ1) is 13.9. The maximum absolute atomic E-state index is 12.6. The van der Waals surface area contributed by atoms with Gasteiger partial charge in [-0.15, -0.1) is 11.3 Å². The minimum Gasteiger partial charge on any atom is -0.293 e. The fraction of sp³-hybridized carbons (Fsp3) is 0.476. The zero-order chi connectivity index (χ0) is 21.4. The molecule has 3 aromatic heterocycles. The summed E-state index contributed by atoms with van der Waals surface area (Å²) in [6.45, 7) is 10.2. The highest BCUT2D eigenvalue weighted by Crippen LogP contribution is 2.27. The summed E-state index contributed by atoms with van der Waals surface area (Å²) in [5.74, 6) is -0.0420. The maximum atomic E-state index is 12.6. The van der Waals surface area contributed by atoms with Gasteiger partial charge in [0.25, 0.3) is 5.56 Å². The Bertz CT molecular complexity index is 993. The van der Waals surface area contributed by atoms with E-state index < -0.39 is 5.91 Å². The van der Waals surface area contributed by atoms with Crippen molar-refractivity contribution < 1.29 is 4.79 Å². The summed E-state index contributed by atoms with van der Waals surface area (Å²) in [4.78, 5) is 33.7. The van der Waals surface area contributed by atoms with Crippen molar-refractivity contribution >= 4 is 33.3 Å². The normalized spacial score (nSPS) is 10.7. The largest absolute Gasteiger partial charge is 0.293 e. The highest BCUT2D eigenvalue weighted by molar-refractivity contribution is 7.18. The van der Waals surface area contributed by atoms with Crippen molar-refractivity contribution in [3.63, 3.8) is 0 Å². The quantitative estimate of drug-likeness (QED) is 0.639. The van der Waals surface area contributed by atoms with Crippen LogP contribution in [0.3, 0.4) is 0 Å². The summed E-state index contributed by atoms with van der Waals surface area (Å²) in [7, 11) is 0. The van der Waals surface area contributed by atoms with Crippen LogP contribution in [-0.2, 0) is 11.3 Å². The molecule has 156 valence electrons. The van der Waals surface area contributed by atoms with E-state index in [1.165, 1.54) is 47.7 Å². The molecule has 0 aliphatic rings. The van der Waals surface area contributed by atoms with Gasteiger partial charge in [-0.1, -0.05) is 47.0 Å². The number of nitrogens with zero attached hydrogens (tertiary/aromatic N) is 4. The number of nitrogens with one attached hydrogen (secondary N) is 1. The molecule has 29 heavy (non-hydrogen) atoms. The van der Waals surface area contributed by atoms with Crippen LogP contribution in [0.4, 0.5) is 5.95 Å². The second kappa shape index (κ2) is 10.8. The fourth-order valence-electron chi connectivity index (χ4n) is 2.76. The number of anilines is 1. The molecule has 0 unspecified atom stereocenters. The number of fused-ring (bicyclic) bond motifs is 1. The Hall–Kier alpha value is -2.61. The van der Waals surface area contributed by atoms with E-state index in [-0.39, 0.29) is 24.0 Å². The highest BCUT2D eigenvalue weighted by Gasteiger charge is 2.17. The van der Waals surface area contributed by atoms with Gasteiger partial charge in [0.2, 0.25) is 11.9 Å². The van der Waals surface area contributed by atoms with Gasteiger partial charge in [-0.3, -0.25) is 14.9 Å². The number of carbonyl (C=O) groups is 1. The Kier molecular flexibility index (Phi) is 8.45. The lowest BCUT2D eigenvalue weighted by atomic mass is 10.1. The lowest BCUT2D eigenvalue weighted by Gasteiger charge is -2.11. The zero-order valence-electron chi connectivity index (χ0n) is 17.7. The number of amides is 1. The molecule has 3 heterocycles. The van der Waals surface area contributed by atoms with Crippen molar-refractivity contribution in [2.45, 2.75) is 66.3 Å². The Morgan fingerprint density at radius 1 is 1.21 bits per heavy atom. The van der Waals surface area contributed by atoms with E-state index in [0.717, 1.165) is 16.0 Å². The maximum Gasteiger partial charge on any atom is 0.285 e. The number of aryl methyl sites for hydroxylation is 1. The number of aromatic nitrogens is 4. The van der Waals surface area contributed by atoms with E-state index in [2.05, 4.69) is 34.2 Å². The Morgan fingerprint density at radius 3 is 2.41 bits per heavy atom. The number of thiophene rings is 1. The molecule has 0 fully saturated rings. The first kappa shape index (κ1) is 22.7. The van der Waals surface area contributed by atoms with Crippen LogP contribution in [0.2, 0.25) is 0 Å². The number of rotatable bonds is 6. The molecule has 3 rings (SSSR count). The molecule has 0 aromatic carbocycles. The van der Waals surface area contributed by atoms with Crippen LogP contribution >= 0.6 is 11.3 Å². The molecule has 0 atom stereocenters. The number of hydrogen-bond donors (Lipinski definition) is 1. The Balaban J connectivity index is 0.000000537. The molecule has 7 nitrogen and oxygen atoms in total. The van der Waals surface area contributed by atoms with Gasteiger partial charge in [-0.25, -0.2) is 14.6 Å². The van der Waals surface area contributed by atoms with Crippen molar-refractivity contribution in [2.75, 3.05) is 5.32 Å². The molecule has 0 saturated heterocycles. The molecule has 1 amide bonds. The molecule has 0 radical (unpaired) electrons. The van der Waals surface area contributed by atoms with Crippen LogP contribution in [-0.4, -0.2) is 25.7 Å². The third kappa shape index (κ3) is 6.19. The Morgan fingerprint density at radius 2 is 1.86 bits per heavy atom. The molecule has 0 aliphatic carbocycles. The molecule has 3 aromatic rings. The van der Waals surface area contributed by atoms with Gasteiger partial charge in [-0.05, 0) is 25.0 Å². The first-order valence-electron chi connectivity index (χ1n) is 9.95. The van der Waals surface area contributed by atoms with Gasteiger partial charge < -0.3 is 0 Å². The van der Waals surface area contributed by atoms with Crippen molar-refractivity contribution in [3.05, 3.63) is 45.5 Å². The minimum absolute atomic E-state index is 0.147. The first-order valence-corrected chi connectivity index (χ1v) is 10.8. The van der Waals surface area contributed by atoms with E-state index in [0.29, 0.717) is 4.70 Å². The molecule has 0 bridgehead atoms. The van der Waals surface area contributed by atoms with Gasteiger partial charge >= 0.3 is 0 Å². The number of carbonyl (C=O) groups excluding carboxylic acids is 1. The second-order valence-corrected chi connectivity index (χ2v) is 8.33. The lowest BCUT2D eigenvalue weighted by molar-refractivity contribution is -0.117. The molecule has 0 spiro atoms. The standard InChI is InChI=1S/C16H17N5O2S.C5H12/c1-9(2)13-11-7-10(3)24-14(11)15(23)21(20-13)8-12(22)19-16-17-5-4-6-18-16;1-3-5-4-2/h4-7,9H,8H2,1-3H3,(H,17,18,19,22);3-5H2,1-2H3. The van der Waals surface area contributed by atoms with Gasteiger partial charge in [0, 0.05) is 22.7 Å². The average Bonchev–Trinajstić information content (AvgIpc) is 3.07. The number of hydrogen-bond acceptors (Lipinski definition) is 6. The van der Waals surface area contributed by atoms with E-state index >= 15 is 0 Å². The molecule has 8 heteroatoms. The van der Waals surface area contributed by atoms with Crippen LogP contribution in [0, 0.1) is 6.92 Å². The van der Waals surface area contributed by atoms with Crippen molar-refractivity contribution in [1.29, 1.82) is 0 Å². The average molecular weight is 416 g/mol. The van der Waals surface area contributed by atoms with Crippen molar-refractivity contribution in [2.24, 2.45) is 0 Å². The van der Waals surface area contributed by atoms with Crippen LogP contribution in [0.5, 0.6) is 0 Å². The molecular weight excluding hydrogens is 386 g/mol. The van der Waals surface area contributed by atoms with E-state index in [4.69, 9.17) is 0 Å². The smallest absolute Gasteiger partial charge is 0.285 e.